The van der Waals surface area contributed by atoms with Crippen molar-refractivity contribution in [2.24, 2.45) is 4.99 Å². The molecule has 0 bridgehead atoms. The lowest BCUT2D eigenvalue weighted by Gasteiger charge is -2.37. The fourth-order valence-electron chi connectivity index (χ4n) is 3.81. The fourth-order valence-corrected chi connectivity index (χ4v) is 3.81. The topological polar surface area (TPSA) is 60.0 Å². The van der Waals surface area contributed by atoms with Crippen LogP contribution in [0.3, 0.4) is 0 Å². The van der Waals surface area contributed by atoms with Crippen molar-refractivity contribution in [3.63, 3.8) is 0 Å². The zero-order valence-corrected chi connectivity index (χ0v) is 15.8. The summed E-state index contributed by atoms with van der Waals surface area (Å²) in [6, 6.07) is 10.9. The minimum Gasteiger partial charge on any atom is -0.368 e. The van der Waals surface area contributed by atoms with Crippen LogP contribution in [-0.4, -0.2) is 62.6 Å². The predicted molar refractivity (Wildman–Crippen MR) is 107 cm³/mol. The number of rotatable bonds is 5. The third kappa shape index (κ3) is 5.13. The maximum absolute atomic E-state index is 12.0. The standard InChI is InChI=1S/C20H31N5O/c1-21-20(22-12-11-19(26)23-17-7-5-6-8-17)25-15-13-24(14-16-25)18-9-3-2-4-10-18/h2-4,9-10,17H,5-8,11-16H2,1H3,(H,21,22)(H,23,26). The van der Waals surface area contributed by atoms with Crippen molar-refractivity contribution in [3.05, 3.63) is 30.3 Å². The van der Waals surface area contributed by atoms with E-state index in [9.17, 15) is 4.79 Å². The largest absolute Gasteiger partial charge is 0.368 e. The molecule has 1 aliphatic carbocycles. The lowest BCUT2D eigenvalue weighted by atomic mass is 10.2. The van der Waals surface area contributed by atoms with Gasteiger partial charge in [0, 0.05) is 57.9 Å². The van der Waals surface area contributed by atoms with E-state index >= 15 is 0 Å². The lowest BCUT2D eigenvalue weighted by Crippen LogP contribution is -2.53. The molecule has 0 aromatic heterocycles. The number of carbonyl (C=O) groups is 1. The lowest BCUT2D eigenvalue weighted by molar-refractivity contribution is -0.121. The fraction of sp³-hybridized carbons (Fsp3) is 0.600. The van der Waals surface area contributed by atoms with Gasteiger partial charge >= 0.3 is 0 Å². The van der Waals surface area contributed by atoms with Crippen LogP contribution in [0.2, 0.25) is 0 Å². The molecule has 26 heavy (non-hydrogen) atoms. The Morgan fingerprint density at radius 3 is 2.46 bits per heavy atom. The van der Waals surface area contributed by atoms with Gasteiger partial charge in [0.1, 0.15) is 0 Å². The number of anilines is 1. The molecule has 2 aliphatic rings. The minimum atomic E-state index is 0.147. The first-order valence-corrected chi connectivity index (χ1v) is 9.81. The molecule has 1 heterocycles. The van der Waals surface area contributed by atoms with Crippen molar-refractivity contribution in [2.75, 3.05) is 44.7 Å². The molecule has 142 valence electrons. The summed E-state index contributed by atoms with van der Waals surface area (Å²) in [6.45, 7) is 4.45. The molecule has 6 nitrogen and oxygen atoms in total. The van der Waals surface area contributed by atoms with Crippen LogP contribution in [-0.2, 0) is 4.79 Å². The molecule has 2 fully saturated rings. The number of carbonyl (C=O) groups excluding carboxylic acids is 1. The molecule has 2 N–H and O–H groups in total. The molecule has 1 aliphatic heterocycles. The van der Waals surface area contributed by atoms with Gasteiger partial charge in [-0.05, 0) is 25.0 Å². The number of nitrogens with one attached hydrogen (secondary N) is 2. The van der Waals surface area contributed by atoms with Crippen LogP contribution < -0.4 is 15.5 Å². The van der Waals surface area contributed by atoms with E-state index in [0.717, 1.165) is 45.0 Å². The molecule has 1 aromatic carbocycles. The van der Waals surface area contributed by atoms with Gasteiger partial charge in [-0.2, -0.15) is 0 Å². The van der Waals surface area contributed by atoms with Gasteiger partial charge in [0.15, 0.2) is 5.96 Å². The van der Waals surface area contributed by atoms with E-state index in [2.05, 4.69) is 49.7 Å². The van der Waals surface area contributed by atoms with Crippen LogP contribution in [0.5, 0.6) is 0 Å². The third-order valence-electron chi connectivity index (χ3n) is 5.27. The highest BCUT2D eigenvalue weighted by Crippen LogP contribution is 2.17. The van der Waals surface area contributed by atoms with E-state index in [0.29, 0.717) is 19.0 Å². The molecule has 1 aromatic rings. The van der Waals surface area contributed by atoms with Crippen LogP contribution in [0, 0.1) is 0 Å². The van der Waals surface area contributed by atoms with Crippen molar-refractivity contribution >= 4 is 17.6 Å². The molecule has 3 rings (SSSR count). The Morgan fingerprint density at radius 2 is 1.81 bits per heavy atom. The minimum absolute atomic E-state index is 0.147. The van der Waals surface area contributed by atoms with E-state index in [-0.39, 0.29) is 5.91 Å². The third-order valence-corrected chi connectivity index (χ3v) is 5.27. The molecule has 0 radical (unpaired) electrons. The van der Waals surface area contributed by atoms with Crippen LogP contribution in [0.4, 0.5) is 5.69 Å². The SMILES string of the molecule is CN=C(NCCC(=O)NC1CCCC1)N1CCN(c2ccccc2)CC1. The number of guanidine groups is 1. The van der Waals surface area contributed by atoms with Crippen molar-refractivity contribution in [1.29, 1.82) is 0 Å². The van der Waals surface area contributed by atoms with Gasteiger partial charge in [-0.1, -0.05) is 31.0 Å². The quantitative estimate of drug-likeness (QED) is 0.624. The summed E-state index contributed by atoms with van der Waals surface area (Å²) in [5.41, 5.74) is 1.28. The molecule has 0 spiro atoms. The first-order valence-electron chi connectivity index (χ1n) is 9.81. The smallest absolute Gasteiger partial charge is 0.221 e. The van der Waals surface area contributed by atoms with Gasteiger partial charge in [-0.25, -0.2) is 0 Å². The van der Waals surface area contributed by atoms with Crippen LogP contribution in [0.1, 0.15) is 32.1 Å². The molecular formula is C20H31N5O. The van der Waals surface area contributed by atoms with E-state index in [4.69, 9.17) is 0 Å². The van der Waals surface area contributed by atoms with Gasteiger partial charge in [-0.3, -0.25) is 9.79 Å². The summed E-state index contributed by atoms with van der Waals surface area (Å²) >= 11 is 0. The molecule has 1 amide bonds. The summed E-state index contributed by atoms with van der Waals surface area (Å²) in [5.74, 6) is 1.04. The summed E-state index contributed by atoms with van der Waals surface area (Å²) in [5, 5.41) is 6.48. The number of piperazine rings is 1. The highest BCUT2D eigenvalue weighted by atomic mass is 16.1. The van der Waals surface area contributed by atoms with Gasteiger partial charge in [0.25, 0.3) is 0 Å². The highest BCUT2D eigenvalue weighted by molar-refractivity contribution is 5.81. The number of amides is 1. The maximum atomic E-state index is 12.0. The van der Waals surface area contributed by atoms with Gasteiger partial charge < -0.3 is 20.4 Å². The zero-order valence-electron chi connectivity index (χ0n) is 15.8. The van der Waals surface area contributed by atoms with Crippen LogP contribution in [0.25, 0.3) is 0 Å². The Morgan fingerprint density at radius 1 is 1.12 bits per heavy atom. The number of aliphatic imine (C=N–C) groups is 1. The molecule has 6 heteroatoms. The van der Waals surface area contributed by atoms with Gasteiger partial charge in [0.05, 0.1) is 0 Å². The van der Waals surface area contributed by atoms with E-state index in [1.165, 1.54) is 18.5 Å². The summed E-state index contributed by atoms with van der Waals surface area (Å²) in [7, 11) is 1.81. The van der Waals surface area contributed by atoms with Gasteiger partial charge in [-0.15, -0.1) is 0 Å². The summed E-state index contributed by atoms with van der Waals surface area (Å²) in [4.78, 5) is 21.1. The Labute approximate surface area is 156 Å². The average Bonchev–Trinajstić information content (AvgIpc) is 3.19. The van der Waals surface area contributed by atoms with Crippen molar-refractivity contribution < 1.29 is 4.79 Å². The second-order valence-corrected chi connectivity index (χ2v) is 7.08. The van der Waals surface area contributed by atoms with E-state index in [1.54, 1.807) is 0 Å². The van der Waals surface area contributed by atoms with Crippen molar-refractivity contribution in [2.45, 2.75) is 38.1 Å². The Bertz CT molecular complexity index is 589. The zero-order chi connectivity index (χ0) is 18.2. The Hall–Kier alpha value is -2.24. The van der Waals surface area contributed by atoms with Crippen molar-refractivity contribution in [1.82, 2.24) is 15.5 Å². The number of hydrogen-bond donors (Lipinski definition) is 2. The Balaban J connectivity index is 1.38. The Kier molecular flexibility index (Phi) is 6.75. The predicted octanol–water partition coefficient (Wildman–Crippen LogP) is 1.83. The first-order chi connectivity index (χ1) is 12.8. The average molecular weight is 358 g/mol. The van der Waals surface area contributed by atoms with Crippen LogP contribution in [0.15, 0.2) is 35.3 Å². The second-order valence-electron chi connectivity index (χ2n) is 7.08. The number of para-hydroxylation sites is 1. The number of hydrogen-bond acceptors (Lipinski definition) is 3. The van der Waals surface area contributed by atoms with E-state index in [1.807, 2.05) is 13.1 Å². The second kappa shape index (κ2) is 9.46. The molecule has 1 saturated carbocycles. The number of nitrogens with zero attached hydrogens (tertiary/aromatic N) is 3. The molecule has 0 unspecified atom stereocenters. The summed E-state index contributed by atoms with van der Waals surface area (Å²) < 4.78 is 0. The summed E-state index contributed by atoms with van der Waals surface area (Å²) in [6.07, 6.45) is 5.24. The maximum Gasteiger partial charge on any atom is 0.221 e. The van der Waals surface area contributed by atoms with E-state index < -0.39 is 0 Å². The molecule has 1 saturated heterocycles. The van der Waals surface area contributed by atoms with Crippen molar-refractivity contribution in [3.8, 4) is 0 Å². The molecule has 0 atom stereocenters. The first kappa shape index (κ1) is 18.5. The van der Waals surface area contributed by atoms with Crippen LogP contribution >= 0.6 is 0 Å². The number of benzene rings is 1. The molecular weight excluding hydrogens is 326 g/mol. The normalized spacial score (nSPS) is 18.9. The highest BCUT2D eigenvalue weighted by Gasteiger charge is 2.20. The van der Waals surface area contributed by atoms with Gasteiger partial charge in [0.2, 0.25) is 5.91 Å². The monoisotopic (exact) mass is 357 g/mol.